The predicted octanol–water partition coefficient (Wildman–Crippen LogP) is 1.95. The van der Waals surface area contributed by atoms with E-state index < -0.39 is 5.79 Å². The maximum absolute atomic E-state index is 12.6. The Hall–Kier alpha value is -1.83. The number of ether oxygens (including phenoxy) is 2. The number of benzene rings is 1. The van der Waals surface area contributed by atoms with Crippen molar-refractivity contribution in [3.05, 3.63) is 29.3 Å². The number of urea groups is 1. The fourth-order valence-corrected chi connectivity index (χ4v) is 3.94. The Bertz CT molecular complexity index is 697. The number of hydrogen-bond acceptors (Lipinski definition) is 4. The SMILES string of the molecule is O=C(CN1CCN(c2cccc(Cl)c2)C1=O)N1CCC2(CC1)OCCO2. The smallest absolute Gasteiger partial charge is 0.325 e. The van der Waals surface area contributed by atoms with Crippen molar-refractivity contribution >= 4 is 29.2 Å². The zero-order valence-corrected chi connectivity index (χ0v) is 15.3. The van der Waals surface area contributed by atoms with Crippen molar-refractivity contribution in [2.24, 2.45) is 0 Å². The van der Waals surface area contributed by atoms with Gasteiger partial charge in [0, 0.05) is 49.7 Å². The first-order chi connectivity index (χ1) is 12.6. The molecule has 0 N–H and O–H groups in total. The van der Waals surface area contributed by atoms with Crippen LogP contribution in [0.2, 0.25) is 5.02 Å². The van der Waals surface area contributed by atoms with Crippen molar-refractivity contribution in [1.29, 1.82) is 0 Å². The lowest BCUT2D eigenvalue weighted by molar-refractivity contribution is -0.187. The highest BCUT2D eigenvalue weighted by Gasteiger charge is 2.41. The van der Waals surface area contributed by atoms with E-state index in [0.29, 0.717) is 57.3 Å². The van der Waals surface area contributed by atoms with Crippen LogP contribution in [0.25, 0.3) is 0 Å². The molecule has 0 saturated carbocycles. The number of amides is 3. The number of carbonyl (C=O) groups is 2. The van der Waals surface area contributed by atoms with E-state index in [2.05, 4.69) is 0 Å². The van der Waals surface area contributed by atoms with E-state index in [9.17, 15) is 9.59 Å². The first kappa shape index (κ1) is 17.6. The lowest BCUT2D eigenvalue weighted by atomic mass is 10.0. The number of anilines is 1. The molecule has 3 heterocycles. The molecule has 0 atom stereocenters. The van der Waals surface area contributed by atoms with Gasteiger partial charge in [-0.1, -0.05) is 17.7 Å². The fraction of sp³-hybridized carbons (Fsp3) is 0.556. The molecule has 4 rings (SSSR count). The molecule has 3 fully saturated rings. The molecule has 7 nitrogen and oxygen atoms in total. The van der Waals surface area contributed by atoms with E-state index in [0.717, 1.165) is 5.69 Å². The third-order valence-electron chi connectivity index (χ3n) is 5.23. The van der Waals surface area contributed by atoms with E-state index in [1.54, 1.807) is 26.8 Å². The van der Waals surface area contributed by atoms with Gasteiger partial charge in [-0.3, -0.25) is 9.69 Å². The van der Waals surface area contributed by atoms with Crippen LogP contribution in [0.15, 0.2) is 24.3 Å². The molecule has 0 unspecified atom stereocenters. The van der Waals surface area contributed by atoms with Crippen LogP contribution in [0, 0.1) is 0 Å². The van der Waals surface area contributed by atoms with Gasteiger partial charge in [0.25, 0.3) is 0 Å². The summed E-state index contributed by atoms with van der Waals surface area (Å²) in [5, 5.41) is 0.587. The summed E-state index contributed by atoms with van der Waals surface area (Å²) in [7, 11) is 0. The third kappa shape index (κ3) is 3.39. The van der Waals surface area contributed by atoms with Crippen molar-refractivity contribution in [2.45, 2.75) is 18.6 Å². The third-order valence-corrected chi connectivity index (χ3v) is 5.47. The second kappa shape index (κ2) is 7.06. The Morgan fingerprint density at radius 1 is 1.12 bits per heavy atom. The van der Waals surface area contributed by atoms with Gasteiger partial charge < -0.3 is 19.3 Å². The van der Waals surface area contributed by atoms with Crippen LogP contribution in [0.3, 0.4) is 0 Å². The van der Waals surface area contributed by atoms with Crippen LogP contribution >= 0.6 is 11.6 Å². The Morgan fingerprint density at radius 2 is 1.85 bits per heavy atom. The van der Waals surface area contributed by atoms with Crippen LogP contribution < -0.4 is 4.90 Å². The summed E-state index contributed by atoms with van der Waals surface area (Å²) in [5.74, 6) is -0.525. The summed E-state index contributed by atoms with van der Waals surface area (Å²) in [6.45, 7) is 3.62. The molecule has 0 radical (unpaired) electrons. The van der Waals surface area contributed by atoms with E-state index in [-0.39, 0.29) is 18.5 Å². The molecule has 3 amide bonds. The molecule has 26 heavy (non-hydrogen) atoms. The van der Waals surface area contributed by atoms with E-state index in [1.165, 1.54) is 0 Å². The van der Waals surface area contributed by atoms with Crippen LogP contribution in [0.5, 0.6) is 0 Å². The highest BCUT2D eigenvalue weighted by molar-refractivity contribution is 6.30. The van der Waals surface area contributed by atoms with Crippen LogP contribution in [-0.2, 0) is 14.3 Å². The van der Waals surface area contributed by atoms with Gasteiger partial charge in [-0.25, -0.2) is 4.79 Å². The molecule has 3 saturated heterocycles. The molecule has 1 aromatic rings. The number of nitrogens with zero attached hydrogens (tertiary/aromatic N) is 3. The van der Waals surface area contributed by atoms with Crippen LogP contribution in [0.4, 0.5) is 10.5 Å². The molecular weight excluding hydrogens is 358 g/mol. The quantitative estimate of drug-likeness (QED) is 0.805. The van der Waals surface area contributed by atoms with Gasteiger partial charge in [-0.05, 0) is 18.2 Å². The van der Waals surface area contributed by atoms with Gasteiger partial charge in [0.15, 0.2) is 5.79 Å². The van der Waals surface area contributed by atoms with Gasteiger partial charge in [-0.2, -0.15) is 0 Å². The maximum Gasteiger partial charge on any atom is 0.325 e. The van der Waals surface area contributed by atoms with Crippen LogP contribution in [-0.4, -0.2) is 73.5 Å². The van der Waals surface area contributed by atoms with Crippen molar-refractivity contribution in [3.8, 4) is 0 Å². The maximum atomic E-state index is 12.6. The molecule has 0 aliphatic carbocycles. The van der Waals surface area contributed by atoms with Crippen molar-refractivity contribution in [2.75, 3.05) is 50.8 Å². The summed E-state index contributed by atoms with van der Waals surface area (Å²) < 4.78 is 11.4. The minimum absolute atomic E-state index is 0.0286. The number of rotatable bonds is 3. The number of piperidine rings is 1. The average molecular weight is 380 g/mol. The van der Waals surface area contributed by atoms with Crippen molar-refractivity contribution in [3.63, 3.8) is 0 Å². The normalized spacial score (nSPS) is 22.5. The predicted molar refractivity (Wildman–Crippen MR) is 96.2 cm³/mol. The molecule has 1 spiro atoms. The first-order valence-electron chi connectivity index (χ1n) is 8.94. The Kier molecular flexibility index (Phi) is 4.77. The number of carbonyl (C=O) groups excluding carboxylic acids is 2. The standard InChI is InChI=1S/C18H22ClN3O4/c19-14-2-1-3-15(12-14)22-9-8-21(17(22)24)13-16(23)20-6-4-18(5-7-20)25-10-11-26-18/h1-3,12H,4-11,13H2. The monoisotopic (exact) mass is 379 g/mol. The highest BCUT2D eigenvalue weighted by atomic mass is 35.5. The zero-order chi connectivity index (χ0) is 18.1. The minimum Gasteiger partial charge on any atom is -0.347 e. The molecule has 8 heteroatoms. The van der Waals surface area contributed by atoms with Gasteiger partial charge in [0.2, 0.25) is 5.91 Å². The molecule has 140 valence electrons. The second-order valence-electron chi connectivity index (χ2n) is 6.82. The molecule has 0 bridgehead atoms. The second-order valence-corrected chi connectivity index (χ2v) is 7.26. The van der Waals surface area contributed by atoms with Gasteiger partial charge in [0.1, 0.15) is 6.54 Å². The Morgan fingerprint density at radius 3 is 2.54 bits per heavy atom. The van der Waals surface area contributed by atoms with Crippen LogP contribution in [0.1, 0.15) is 12.8 Å². The Balaban J connectivity index is 1.33. The summed E-state index contributed by atoms with van der Waals surface area (Å²) in [6, 6.07) is 7.04. The largest absolute Gasteiger partial charge is 0.347 e. The van der Waals surface area contributed by atoms with Crippen molar-refractivity contribution < 1.29 is 19.1 Å². The lowest BCUT2D eigenvalue weighted by Crippen LogP contribution is -2.50. The molecule has 1 aromatic carbocycles. The molecular formula is C18H22ClN3O4. The zero-order valence-electron chi connectivity index (χ0n) is 14.5. The summed E-state index contributed by atoms with van der Waals surface area (Å²) in [4.78, 5) is 30.3. The Labute approximate surface area is 157 Å². The highest BCUT2D eigenvalue weighted by Crippen LogP contribution is 2.31. The van der Waals surface area contributed by atoms with E-state index >= 15 is 0 Å². The molecule has 3 aliphatic heterocycles. The first-order valence-corrected chi connectivity index (χ1v) is 9.32. The summed E-state index contributed by atoms with van der Waals surface area (Å²) in [5.41, 5.74) is 0.757. The minimum atomic E-state index is -0.496. The molecule has 0 aromatic heterocycles. The topological polar surface area (TPSA) is 62.3 Å². The molecule has 3 aliphatic rings. The lowest BCUT2D eigenvalue weighted by Gasteiger charge is -2.38. The van der Waals surface area contributed by atoms with E-state index in [4.69, 9.17) is 21.1 Å². The van der Waals surface area contributed by atoms with Gasteiger partial charge in [-0.15, -0.1) is 0 Å². The van der Waals surface area contributed by atoms with Crippen molar-refractivity contribution in [1.82, 2.24) is 9.80 Å². The average Bonchev–Trinajstić information content (AvgIpc) is 3.23. The number of halogens is 1. The van der Waals surface area contributed by atoms with Gasteiger partial charge in [0.05, 0.1) is 13.2 Å². The summed E-state index contributed by atoms with van der Waals surface area (Å²) in [6.07, 6.45) is 1.36. The summed E-state index contributed by atoms with van der Waals surface area (Å²) >= 11 is 6.01. The van der Waals surface area contributed by atoms with E-state index in [1.807, 2.05) is 12.1 Å². The number of hydrogen-bond donors (Lipinski definition) is 0. The number of likely N-dealkylation sites (tertiary alicyclic amines) is 1. The fourth-order valence-electron chi connectivity index (χ4n) is 3.76. The van der Waals surface area contributed by atoms with Gasteiger partial charge >= 0.3 is 6.03 Å².